The molecule has 0 saturated carbocycles. The highest BCUT2D eigenvalue weighted by Gasteiger charge is 2.22. The summed E-state index contributed by atoms with van der Waals surface area (Å²) in [6.45, 7) is 0.0830. The van der Waals surface area contributed by atoms with Crippen molar-refractivity contribution < 1.29 is 9.53 Å². The van der Waals surface area contributed by atoms with Gasteiger partial charge < -0.3 is 4.74 Å². The second-order valence-corrected chi connectivity index (χ2v) is 8.12. The molecular weight excluding hydrogens is 380 g/mol. The number of carbonyl (C=O) groups excluding carboxylic acids is 1. The normalized spacial score (nSPS) is 16.5. The van der Waals surface area contributed by atoms with Gasteiger partial charge in [0.15, 0.2) is 5.78 Å². The lowest BCUT2D eigenvalue weighted by Gasteiger charge is -2.21. The van der Waals surface area contributed by atoms with Crippen molar-refractivity contribution in [2.45, 2.75) is 19.3 Å². The highest BCUT2D eigenvalue weighted by Crippen LogP contribution is 2.25. The number of halogens is 1. The first-order chi connectivity index (χ1) is 14.2. The molecule has 2 aliphatic rings. The molecule has 0 aliphatic heterocycles. The number of aryl methyl sites for hydroxylation is 1. The summed E-state index contributed by atoms with van der Waals surface area (Å²) in [5, 5.41) is 3.16. The Kier molecular flexibility index (Phi) is 4.73. The molecule has 1 atom stereocenters. The summed E-state index contributed by atoms with van der Waals surface area (Å²) >= 11 is 5.90. The van der Waals surface area contributed by atoms with Crippen LogP contribution in [0.2, 0.25) is 5.02 Å². The summed E-state index contributed by atoms with van der Waals surface area (Å²) < 4.78 is 5.69. The van der Waals surface area contributed by atoms with Gasteiger partial charge in [-0.2, -0.15) is 0 Å². The summed E-state index contributed by atoms with van der Waals surface area (Å²) in [6.07, 6.45) is 7.17. The minimum Gasteiger partial charge on any atom is -0.486 e. The number of carbonyl (C=O) groups is 1. The minimum absolute atomic E-state index is 0.0830. The first-order valence-corrected chi connectivity index (χ1v) is 10.4. The van der Waals surface area contributed by atoms with Gasteiger partial charge in [0.2, 0.25) is 0 Å². The fourth-order valence-corrected chi connectivity index (χ4v) is 4.49. The van der Waals surface area contributed by atoms with Crippen molar-refractivity contribution in [3.63, 3.8) is 0 Å². The molecule has 0 aromatic heterocycles. The highest BCUT2D eigenvalue weighted by molar-refractivity contribution is 6.30. The Morgan fingerprint density at radius 2 is 1.76 bits per heavy atom. The van der Waals surface area contributed by atoms with Crippen molar-refractivity contribution in [3.8, 4) is 16.9 Å². The zero-order valence-electron chi connectivity index (χ0n) is 16.0. The van der Waals surface area contributed by atoms with Crippen LogP contribution in [0.1, 0.15) is 17.5 Å². The van der Waals surface area contributed by atoms with Crippen molar-refractivity contribution in [1.29, 1.82) is 0 Å². The molecule has 144 valence electrons. The lowest BCUT2D eigenvalue weighted by atomic mass is 9.83. The van der Waals surface area contributed by atoms with E-state index in [0.717, 1.165) is 19.3 Å². The van der Waals surface area contributed by atoms with Gasteiger partial charge in [0, 0.05) is 10.9 Å². The van der Waals surface area contributed by atoms with Crippen molar-refractivity contribution in [2.75, 3.05) is 6.61 Å². The third-order valence-corrected chi connectivity index (χ3v) is 6.16. The molecular formula is C26H21ClO2. The second kappa shape index (κ2) is 7.53. The van der Waals surface area contributed by atoms with Gasteiger partial charge in [0.05, 0.1) is 0 Å². The Balaban J connectivity index is 1.44. The van der Waals surface area contributed by atoms with Crippen LogP contribution < -0.4 is 15.2 Å². The molecule has 3 heteroatoms. The van der Waals surface area contributed by atoms with Crippen molar-refractivity contribution in [3.05, 3.63) is 87.3 Å². The van der Waals surface area contributed by atoms with Crippen LogP contribution in [0.3, 0.4) is 0 Å². The average molecular weight is 401 g/mol. The zero-order valence-corrected chi connectivity index (χ0v) is 16.8. The second-order valence-electron chi connectivity index (χ2n) is 7.69. The Labute approximate surface area is 175 Å². The van der Waals surface area contributed by atoms with Crippen molar-refractivity contribution >= 4 is 29.5 Å². The van der Waals surface area contributed by atoms with E-state index in [9.17, 15) is 4.79 Å². The quantitative estimate of drug-likeness (QED) is 0.651. The lowest BCUT2D eigenvalue weighted by molar-refractivity contribution is -0.123. The van der Waals surface area contributed by atoms with Gasteiger partial charge in [-0.1, -0.05) is 60.2 Å². The summed E-state index contributed by atoms with van der Waals surface area (Å²) in [6, 6.07) is 20.2. The number of Topliss-reactive ketones (excluding diaryl/α,β-unsaturated/α-hetero) is 1. The summed E-state index contributed by atoms with van der Waals surface area (Å²) in [4.78, 5) is 12.8. The van der Waals surface area contributed by atoms with Gasteiger partial charge in [-0.3, -0.25) is 4.79 Å². The maximum absolute atomic E-state index is 12.8. The molecule has 0 saturated heterocycles. The highest BCUT2D eigenvalue weighted by atomic mass is 35.5. The van der Waals surface area contributed by atoms with Gasteiger partial charge in [-0.15, -0.1) is 0 Å². The average Bonchev–Trinajstić information content (AvgIpc) is 2.77. The Morgan fingerprint density at radius 1 is 0.931 bits per heavy atom. The third kappa shape index (κ3) is 3.49. The van der Waals surface area contributed by atoms with E-state index in [0.29, 0.717) is 10.8 Å². The van der Waals surface area contributed by atoms with E-state index < -0.39 is 0 Å². The molecule has 5 rings (SSSR count). The maximum Gasteiger partial charge on any atom is 0.177 e. The van der Waals surface area contributed by atoms with Crippen LogP contribution in [0.15, 0.2) is 60.7 Å². The van der Waals surface area contributed by atoms with Crippen molar-refractivity contribution in [2.24, 2.45) is 5.92 Å². The maximum atomic E-state index is 12.8. The molecule has 0 radical (unpaired) electrons. The van der Waals surface area contributed by atoms with E-state index >= 15 is 0 Å². The van der Waals surface area contributed by atoms with Crippen LogP contribution in [0.5, 0.6) is 5.75 Å². The molecule has 1 unspecified atom stereocenters. The summed E-state index contributed by atoms with van der Waals surface area (Å²) in [7, 11) is 0. The fraction of sp³-hybridized carbons (Fsp3) is 0.192. The van der Waals surface area contributed by atoms with Crippen molar-refractivity contribution in [1.82, 2.24) is 0 Å². The first kappa shape index (κ1) is 18.2. The number of benzene rings is 3. The predicted molar refractivity (Wildman–Crippen MR) is 118 cm³/mol. The number of hydrogen-bond acceptors (Lipinski definition) is 2. The number of fused-ring (bicyclic) bond motifs is 5. The SMILES string of the molecule is O=C(COc1ccc(Cl)cc1)C1C=c2c(ccc3c2=CCc2ccccc2-3)CC1. The van der Waals surface area contributed by atoms with Crippen LogP contribution in [0.25, 0.3) is 23.3 Å². The molecule has 2 nitrogen and oxygen atoms in total. The number of hydrogen-bond donors (Lipinski definition) is 0. The fourth-order valence-electron chi connectivity index (χ4n) is 4.37. The largest absolute Gasteiger partial charge is 0.486 e. The van der Waals surface area contributed by atoms with E-state index in [1.54, 1.807) is 24.3 Å². The smallest absolute Gasteiger partial charge is 0.177 e. The van der Waals surface area contributed by atoms with Crippen LogP contribution in [0, 0.1) is 5.92 Å². The van der Waals surface area contributed by atoms with Gasteiger partial charge in [-0.25, -0.2) is 0 Å². The Morgan fingerprint density at radius 3 is 2.62 bits per heavy atom. The van der Waals surface area contributed by atoms with Crippen LogP contribution in [-0.4, -0.2) is 12.4 Å². The lowest BCUT2D eigenvalue weighted by Crippen LogP contribution is -2.37. The van der Waals surface area contributed by atoms with Gasteiger partial charge >= 0.3 is 0 Å². The molecule has 3 aromatic carbocycles. The first-order valence-electron chi connectivity index (χ1n) is 10.0. The zero-order chi connectivity index (χ0) is 19.8. The Bertz CT molecular complexity index is 1210. The van der Waals surface area contributed by atoms with E-state index in [1.807, 2.05) is 0 Å². The van der Waals surface area contributed by atoms with Crippen LogP contribution in [-0.2, 0) is 17.6 Å². The van der Waals surface area contributed by atoms with Gasteiger partial charge in [-0.05, 0) is 76.2 Å². The molecule has 3 aromatic rings. The number of ketones is 1. The molecule has 2 aliphatic carbocycles. The standard InChI is InChI=1S/C26H21ClO2/c27-20-9-11-21(12-10-20)29-16-26(28)19-6-5-18-8-13-23-22-4-2-1-3-17(22)7-14-24(23)25(18)15-19/h1-4,8-15,19H,5-7,16H2. The van der Waals surface area contributed by atoms with E-state index in [1.165, 1.54) is 32.7 Å². The molecule has 0 heterocycles. The molecule has 0 fully saturated rings. The summed E-state index contributed by atoms with van der Waals surface area (Å²) in [5.74, 6) is 0.688. The topological polar surface area (TPSA) is 26.3 Å². The van der Waals surface area contributed by atoms with Crippen LogP contribution in [0.4, 0.5) is 0 Å². The van der Waals surface area contributed by atoms with Gasteiger partial charge in [0.1, 0.15) is 12.4 Å². The van der Waals surface area contributed by atoms with Gasteiger partial charge in [0.25, 0.3) is 0 Å². The third-order valence-electron chi connectivity index (χ3n) is 5.91. The minimum atomic E-state index is -0.105. The molecule has 0 N–H and O–H groups in total. The number of ether oxygens (including phenoxy) is 1. The monoisotopic (exact) mass is 400 g/mol. The molecule has 0 spiro atoms. The Hall–Kier alpha value is -2.84. The molecule has 29 heavy (non-hydrogen) atoms. The van der Waals surface area contributed by atoms with E-state index in [4.69, 9.17) is 16.3 Å². The van der Waals surface area contributed by atoms with E-state index in [2.05, 4.69) is 48.6 Å². The van der Waals surface area contributed by atoms with E-state index in [-0.39, 0.29) is 18.3 Å². The predicted octanol–water partition coefficient (Wildman–Crippen LogP) is 4.33. The molecule has 0 amide bonds. The summed E-state index contributed by atoms with van der Waals surface area (Å²) in [5.41, 5.74) is 5.27. The number of rotatable bonds is 4. The van der Waals surface area contributed by atoms with Crippen LogP contribution >= 0.6 is 11.6 Å². The molecule has 0 bridgehead atoms.